The van der Waals surface area contributed by atoms with Crippen LogP contribution in [0, 0.1) is 0 Å². The van der Waals surface area contributed by atoms with Crippen LogP contribution in [0.5, 0.6) is 5.75 Å². The Balaban J connectivity index is 1.61. The molecular formula is C21H24ClNO3. The van der Waals surface area contributed by atoms with Gasteiger partial charge in [-0.25, -0.2) is 0 Å². The van der Waals surface area contributed by atoms with E-state index in [1.165, 1.54) is 0 Å². The van der Waals surface area contributed by atoms with Crippen LogP contribution in [0.2, 0.25) is 5.02 Å². The third kappa shape index (κ3) is 4.57. The van der Waals surface area contributed by atoms with Gasteiger partial charge in [-0.2, -0.15) is 0 Å². The molecule has 0 saturated carbocycles. The summed E-state index contributed by atoms with van der Waals surface area (Å²) in [6.45, 7) is 3.81. The van der Waals surface area contributed by atoms with Gasteiger partial charge in [-0.3, -0.25) is 4.79 Å². The lowest BCUT2D eigenvalue weighted by Crippen LogP contribution is -2.42. The Morgan fingerprint density at radius 2 is 2.08 bits per heavy atom. The summed E-state index contributed by atoms with van der Waals surface area (Å²) in [5.74, 6) is 1.13. The van der Waals surface area contributed by atoms with Crippen molar-refractivity contribution >= 4 is 17.5 Å². The van der Waals surface area contributed by atoms with Crippen molar-refractivity contribution in [1.82, 2.24) is 4.90 Å². The number of hydrogen-bond acceptors (Lipinski definition) is 3. The average Bonchev–Trinajstić information content (AvgIpc) is 2.68. The van der Waals surface area contributed by atoms with Crippen molar-refractivity contribution in [3.63, 3.8) is 0 Å². The Kier molecular flexibility index (Phi) is 6.17. The molecule has 2 unspecified atom stereocenters. The first-order valence-corrected chi connectivity index (χ1v) is 9.23. The van der Waals surface area contributed by atoms with Gasteiger partial charge in [0.2, 0.25) is 5.91 Å². The van der Waals surface area contributed by atoms with E-state index in [0.29, 0.717) is 31.1 Å². The molecule has 0 N–H and O–H groups in total. The summed E-state index contributed by atoms with van der Waals surface area (Å²) in [6, 6.07) is 15.5. The molecule has 1 fully saturated rings. The fourth-order valence-electron chi connectivity index (χ4n) is 3.23. The molecule has 138 valence electrons. The summed E-state index contributed by atoms with van der Waals surface area (Å²) in [5, 5.41) is 0.683. The van der Waals surface area contributed by atoms with Crippen LogP contribution >= 0.6 is 11.6 Å². The average molecular weight is 374 g/mol. The van der Waals surface area contributed by atoms with Gasteiger partial charge in [0, 0.05) is 18.0 Å². The Hall–Kier alpha value is -2.04. The Morgan fingerprint density at radius 1 is 1.31 bits per heavy atom. The second-order valence-electron chi connectivity index (χ2n) is 6.63. The second-order valence-corrected chi connectivity index (χ2v) is 7.07. The number of nitrogens with zero attached hydrogens (tertiary/aromatic N) is 1. The highest BCUT2D eigenvalue weighted by atomic mass is 35.5. The molecule has 0 bridgehead atoms. The van der Waals surface area contributed by atoms with Crippen molar-refractivity contribution in [2.24, 2.45) is 0 Å². The second kappa shape index (κ2) is 8.56. The summed E-state index contributed by atoms with van der Waals surface area (Å²) >= 11 is 6.08. The number of rotatable bonds is 5. The van der Waals surface area contributed by atoms with E-state index in [2.05, 4.69) is 6.92 Å². The molecule has 2 aromatic rings. The van der Waals surface area contributed by atoms with Crippen LogP contribution in [0.25, 0.3) is 0 Å². The maximum absolute atomic E-state index is 12.8. The van der Waals surface area contributed by atoms with Gasteiger partial charge >= 0.3 is 0 Å². The van der Waals surface area contributed by atoms with Gasteiger partial charge in [-0.15, -0.1) is 0 Å². The van der Waals surface area contributed by atoms with Crippen molar-refractivity contribution in [1.29, 1.82) is 0 Å². The van der Waals surface area contributed by atoms with Crippen molar-refractivity contribution in [3.8, 4) is 5.75 Å². The van der Waals surface area contributed by atoms with Crippen LogP contribution in [0.4, 0.5) is 0 Å². The monoisotopic (exact) mass is 373 g/mol. The van der Waals surface area contributed by atoms with Crippen LogP contribution in [0.1, 0.15) is 36.5 Å². The van der Waals surface area contributed by atoms with Gasteiger partial charge in [0.05, 0.1) is 20.3 Å². The Labute approximate surface area is 159 Å². The SMILES string of the molecule is COc1ccc(C(C)CC(=O)N2CCOC(c3cccc(Cl)c3)C2)cc1. The molecular weight excluding hydrogens is 350 g/mol. The van der Waals surface area contributed by atoms with Gasteiger partial charge < -0.3 is 14.4 Å². The Bertz CT molecular complexity index is 747. The number of benzene rings is 2. The van der Waals surface area contributed by atoms with Crippen molar-refractivity contribution in [2.75, 3.05) is 26.8 Å². The third-order valence-electron chi connectivity index (χ3n) is 4.81. The zero-order valence-corrected chi connectivity index (χ0v) is 15.9. The molecule has 5 heteroatoms. The number of halogens is 1. The summed E-state index contributed by atoms with van der Waals surface area (Å²) in [6.07, 6.45) is 0.358. The number of ether oxygens (including phenoxy) is 2. The van der Waals surface area contributed by atoms with Crippen molar-refractivity contribution in [2.45, 2.75) is 25.4 Å². The number of amides is 1. The first-order chi connectivity index (χ1) is 12.6. The van der Waals surface area contributed by atoms with Crippen LogP contribution in [0.3, 0.4) is 0 Å². The van der Waals surface area contributed by atoms with Crippen molar-refractivity contribution in [3.05, 3.63) is 64.7 Å². The van der Waals surface area contributed by atoms with E-state index in [1.807, 2.05) is 53.4 Å². The van der Waals surface area contributed by atoms with E-state index in [4.69, 9.17) is 21.1 Å². The van der Waals surface area contributed by atoms with Crippen LogP contribution in [-0.4, -0.2) is 37.6 Å². The lowest BCUT2D eigenvalue weighted by atomic mass is 9.96. The first kappa shape index (κ1) is 18.7. The molecule has 0 radical (unpaired) electrons. The molecule has 1 amide bonds. The van der Waals surface area contributed by atoms with Gasteiger partial charge in [0.25, 0.3) is 0 Å². The fourth-order valence-corrected chi connectivity index (χ4v) is 3.42. The van der Waals surface area contributed by atoms with Gasteiger partial charge in [-0.1, -0.05) is 42.8 Å². The smallest absolute Gasteiger partial charge is 0.223 e. The molecule has 1 heterocycles. The predicted octanol–water partition coefficient (Wildman–Crippen LogP) is 4.44. The van der Waals surface area contributed by atoms with Crippen LogP contribution in [-0.2, 0) is 9.53 Å². The van der Waals surface area contributed by atoms with E-state index in [0.717, 1.165) is 16.9 Å². The zero-order chi connectivity index (χ0) is 18.5. The maximum Gasteiger partial charge on any atom is 0.223 e. The quantitative estimate of drug-likeness (QED) is 0.777. The molecule has 4 nitrogen and oxygen atoms in total. The fraction of sp³-hybridized carbons (Fsp3) is 0.381. The maximum atomic E-state index is 12.8. The molecule has 2 atom stereocenters. The highest BCUT2D eigenvalue weighted by molar-refractivity contribution is 6.30. The molecule has 0 aromatic heterocycles. The predicted molar refractivity (Wildman–Crippen MR) is 103 cm³/mol. The number of carbonyl (C=O) groups excluding carboxylic acids is 1. The van der Waals surface area contributed by atoms with Crippen LogP contribution in [0.15, 0.2) is 48.5 Å². The lowest BCUT2D eigenvalue weighted by Gasteiger charge is -2.34. The lowest BCUT2D eigenvalue weighted by molar-refractivity contribution is -0.139. The summed E-state index contributed by atoms with van der Waals surface area (Å²) in [7, 11) is 1.65. The normalized spacial score (nSPS) is 18.4. The van der Waals surface area contributed by atoms with Crippen molar-refractivity contribution < 1.29 is 14.3 Å². The largest absolute Gasteiger partial charge is 0.497 e. The number of carbonyl (C=O) groups is 1. The minimum absolute atomic E-state index is 0.123. The summed E-state index contributed by atoms with van der Waals surface area (Å²) in [5.41, 5.74) is 2.15. The number of morpholine rings is 1. The molecule has 1 aliphatic rings. The first-order valence-electron chi connectivity index (χ1n) is 8.85. The summed E-state index contributed by atoms with van der Waals surface area (Å²) in [4.78, 5) is 14.7. The van der Waals surface area contributed by atoms with E-state index < -0.39 is 0 Å². The molecule has 0 spiro atoms. The van der Waals surface area contributed by atoms with Gasteiger partial charge in [-0.05, 0) is 41.3 Å². The minimum atomic E-state index is -0.123. The molecule has 1 aliphatic heterocycles. The Morgan fingerprint density at radius 3 is 2.77 bits per heavy atom. The third-order valence-corrected chi connectivity index (χ3v) is 5.04. The van der Waals surface area contributed by atoms with E-state index in [1.54, 1.807) is 7.11 Å². The molecule has 3 rings (SSSR count). The standard InChI is InChI=1S/C21H24ClNO3/c1-15(16-6-8-19(25-2)9-7-16)12-21(24)23-10-11-26-20(14-23)17-4-3-5-18(22)13-17/h3-9,13,15,20H,10-12,14H2,1-2H3. The highest BCUT2D eigenvalue weighted by Crippen LogP contribution is 2.27. The number of hydrogen-bond donors (Lipinski definition) is 0. The van der Waals surface area contributed by atoms with Crippen LogP contribution < -0.4 is 4.74 Å². The molecule has 2 aromatic carbocycles. The zero-order valence-electron chi connectivity index (χ0n) is 15.2. The minimum Gasteiger partial charge on any atom is -0.497 e. The van der Waals surface area contributed by atoms with E-state index in [-0.39, 0.29) is 17.9 Å². The van der Waals surface area contributed by atoms with Gasteiger partial charge in [0.15, 0.2) is 0 Å². The molecule has 0 aliphatic carbocycles. The summed E-state index contributed by atoms with van der Waals surface area (Å²) < 4.78 is 11.0. The topological polar surface area (TPSA) is 38.8 Å². The number of methoxy groups -OCH3 is 1. The molecule has 26 heavy (non-hydrogen) atoms. The van der Waals surface area contributed by atoms with Gasteiger partial charge in [0.1, 0.15) is 11.9 Å². The van der Waals surface area contributed by atoms with E-state index in [9.17, 15) is 4.79 Å². The highest BCUT2D eigenvalue weighted by Gasteiger charge is 2.26. The van der Waals surface area contributed by atoms with E-state index >= 15 is 0 Å². The molecule has 1 saturated heterocycles.